The minimum Gasteiger partial charge on any atom is -0.490 e. The molecule has 8 nitrogen and oxygen atoms in total. The van der Waals surface area contributed by atoms with Crippen LogP contribution in [0.4, 0.5) is 5.69 Å². The summed E-state index contributed by atoms with van der Waals surface area (Å²) in [4.78, 5) is 29.2. The molecule has 0 unspecified atom stereocenters. The topological polar surface area (TPSA) is 110 Å². The van der Waals surface area contributed by atoms with Gasteiger partial charge in [-0.1, -0.05) is 0 Å². The number of imidazole rings is 1. The molecular formula is C13H14N4O4. The highest BCUT2D eigenvalue weighted by Crippen LogP contribution is 2.27. The van der Waals surface area contributed by atoms with Crippen molar-refractivity contribution >= 4 is 11.6 Å². The van der Waals surface area contributed by atoms with Crippen molar-refractivity contribution in [2.75, 3.05) is 13.7 Å². The number of benzene rings is 1. The molecule has 0 radical (unpaired) electrons. The van der Waals surface area contributed by atoms with Crippen molar-refractivity contribution in [3.63, 3.8) is 0 Å². The van der Waals surface area contributed by atoms with Crippen molar-refractivity contribution in [3.05, 3.63) is 52.1 Å². The molecule has 1 heterocycles. The molecule has 0 aliphatic rings. The van der Waals surface area contributed by atoms with Crippen molar-refractivity contribution in [2.45, 2.75) is 6.42 Å². The number of aromatic amines is 1. The summed E-state index contributed by atoms with van der Waals surface area (Å²) in [5, 5.41) is 13.6. The highest BCUT2D eigenvalue weighted by molar-refractivity contribution is 5.95. The molecule has 1 aromatic carbocycles. The first-order chi connectivity index (χ1) is 10.1. The Morgan fingerprint density at radius 2 is 2.33 bits per heavy atom. The van der Waals surface area contributed by atoms with Gasteiger partial charge in [0, 0.05) is 37.0 Å². The van der Waals surface area contributed by atoms with E-state index in [2.05, 4.69) is 15.3 Å². The van der Waals surface area contributed by atoms with Crippen LogP contribution in [0, 0.1) is 10.1 Å². The van der Waals surface area contributed by atoms with Gasteiger partial charge in [0.1, 0.15) is 5.82 Å². The maximum absolute atomic E-state index is 11.9. The van der Waals surface area contributed by atoms with Gasteiger partial charge in [0.05, 0.1) is 12.0 Å². The Balaban J connectivity index is 2.01. The van der Waals surface area contributed by atoms with E-state index in [9.17, 15) is 14.9 Å². The number of methoxy groups -OCH3 is 1. The average molecular weight is 290 g/mol. The van der Waals surface area contributed by atoms with Gasteiger partial charge in [-0.3, -0.25) is 14.9 Å². The Kier molecular flexibility index (Phi) is 4.50. The van der Waals surface area contributed by atoms with Gasteiger partial charge >= 0.3 is 5.69 Å². The molecule has 0 saturated heterocycles. The molecule has 0 bridgehead atoms. The fraction of sp³-hybridized carbons (Fsp3) is 0.231. The standard InChI is InChI=1S/C13H14N4O4/c1-21-11-3-2-9(8-10(11)17(19)20)13(18)16-5-4-12-14-6-7-15-12/h2-3,6-8H,4-5H2,1H3,(H,14,15)(H,16,18). The van der Waals surface area contributed by atoms with Gasteiger partial charge < -0.3 is 15.0 Å². The molecule has 0 saturated carbocycles. The molecule has 110 valence electrons. The first kappa shape index (κ1) is 14.5. The molecule has 0 atom stereocenters. The quantitative estimate of drug-likeness (QED) is 0.615. The fourth-order valence-corrected chi connectivity index (χ4v) is 1.81. The minimum absolute atomic E-state index is 0.118. The maximum atomic E-state index is 11.9. The smallest absolute Gasteiger partial charge is 0.311 e. The second-order valence-corrected chi connectivity index (χ2v) is 4.19. The zero-order valence-electron chi connectivity index (χ0n) is 11.3. The van der Waals surface area contributed by atoms with Gasteiger partial charge in [0.15, 0.2) is 5.75 Å². The first-order valence-electron chi connectivity index (χ1n) is 6.20. The van der Waals surface area contributed by atoms with E-state index in [-0.39, 0.29) is 22.9 Å². The number of rotatable bonds is 6. The summed E-state index contributed by atoms with van der Waals surface area (Å²) >= 11 is 0. The van der Waals surface area contributed by atoms with Crippen molar-refractivity contribution < 1.29 is 14.5 Å². The normalized spacial score (nSPS) is 10.1. The van der Waals surface area contributed by atoms with E-state index in [0.717, 1.165) is 5.82 Å². The number of carbonyl (C=O) groups excluding carboxylic acids is 1. The highest BCUT2D eigenvalue weighted by Gasteiger charge is 2.17. The van der Waals surface area contributed by atoms with Crippen LogP contribution in [-0.4, -0.2) is 34.5 Å². The van der Waals surface area contributed by atoms with E-state index in [1.165, 1.54) is 25.3 Å². The lowest BCUT2D eigenvalue weighted by Crippen LogP contribution is -2.26. The fourth-order valence-electron chi connectivity index (χ4n) is 1.81. The van der Waals surface area contributed by atoms with Crippen LogP contribution >= 0.6 is 0 Å². The highest BCUT2D eigenvalue weighted by atomic mass is 16.6. The Bertz CT molecular complexity index is 640. The lowest BCUT2D eigenvalue weighted by atomic mass is 10.1. The maximum Gasteiger partial charge on any atom is 0.311 e. The van der Waals surface area contributed by atoms with Gasteiger partial charge in [-0.05, 0) is 12.1 Å². The van der Waals surface area contributed by atoms with Crippen molar-refractivity contribution in [3.8, 4) is 5.75 Å². The number of nitrogens with one attached hydrogen (secondary N) is 2. The van der Waals surface area contributed by atoms with Gasteiger partial charge in [-0.15, -0.1) is 0 Å². The van der Waals surface area contributed by atoms with Crippen LogP contribution in [0.3, 0.4) is 0 Å². The van der Waals surface area contributed by atoms with Gasteiger partial charge in [0.25, 0.3) is 5.91 Å². The molecule has 1 amide bonds. The SMILES string of the molecule is COc1ccc(C(=O)NCCc2ncc[nH]2)cc1[N+](=O)[O-]. The van der Waals surface area contributed by atoms with Gasteiger partial charge in [0.2, 0.25) is 0 Å². The van der Waals surface area contributed by atoms with Gasteiger partial charge in [-0.25, -0.2) is 4.98 Å². The van der Waals surface area contributed by atoms with Crippen molar-refractivity contribution in [1.82, 2.24) is 15.3 Å². The summed E-state index contributed by atoms with van der Waals surface area (Å²) in [6.45, 7) is 0.381. The Morgan fingerprint density at radius 3 is 2.95 bits per heavy atom. The Labute approximate surface area is 120 Å². The molecule has 1 aromatic heterocycles. The molecular weight excluding hydrogens is 276 g/mol. The third kappa shape index (κ3) is 3.56. The minimum atomic E-state index is -0.585. The van der Waals surface area contributed by atoms with Crippen LogP contribution in [0.1, 0.15) is 16.2 Å². The van der Waals surface area contributed by atoms with E-state index in [1.54, 1.807) is 12.4 Å². The summed E-state index contributed by atoms with van der Waals surface area (Å²) in [6, 6.07) is 4.08. The van der Waals surface area contributed by atoms with Crippen LogP contribution in [0.2, 0.25) is 0 Å². The molecule has 21 heavy (non-hydrogen) atoms. The summed E-state index contributed by atoms with van der Waals surface area (Å²) in [7, 11) is 1.34. The van der Waals surface area contributed by atoms with Crippen molar-refractivity contribution in [1.29, 1.82) is 0 Å². The largest absolute Gasteiger partial charge is 0.490 e. The predicted octanol–water partition coefficient (Wildman–Crippen LogP) is 1.30. The van der Waals surface area contributed by atoms with E-state index in [0.29, 0.717) is 13.0 Å². The number of hydrogen-bond donors (Lipinski definition) is 2. The number of carbonyl (C=O) groups is 1. The average Bonchev–Trinajstić information content (AvgIpc) is 2.99. The van der Waals surface area contributed by atoms with Crippen LogP contribution in [0.15, 0.2) is 30.6 Å². The zero-order chi connectivity index (χ0) is 15.2. The monoisotopic (exact) mass is 290 g/mol. The molecule has 8 heteroatoms. The first-order valence-corrected chi connectivity index (χ1v) is 6.20. The van der Waals surface area contributed by atoms with E-state index in [4.69, 9.17) is 4.74 Å². The van der Waals surface area contributed by atoms with Crippen LogP contribution < -0.4 is 10.1 Å². The summed E-state index contributed by atoms with van der Waals surface area (Å²) in [6.07, 6.45) is 3.88. The summed E-state index contributed by atoms with van der Waals surface area (Å²) in [5.41, 5.74) is -0.0295. The van der Waals surface area contributed by atoms with Gasteiger partial charge in [-0.2, -0.15) is 0 Å². The number of nitrogens with zero attached hydrogens (tertiary/aromatic N) is 2. The molecule has 0 spiro atoms. The number of aromatic nitrogens is 2. The molecule has 2 rings (SSSR count). The van der Waals surface area contributed by atoms with Crippen LogP contribution in [0.5, 0.6) is 5.75 Å². The lowest BCUT2D eigenvalue weighted by Gasteiger charge is -2.06. The van der Waals surface area contributed by atoms with E-state index in [1.807, 2.05) is 0 Å². The number of amides is 1. The lowest BCUT2D eigenvalue weighted by molar-refractivity contribution is -0.385. The second kappa shape index (κ2) is 6.51. The van der Waals surface area contributed by atoms with Crippen molar-refractivity contribution in [2.24, 2.45) is 0 Å². The second-order valence-electron chi connectivity index (χ2n) is 4.19. The molecule has 0 fully saturated rings. The summed E-state index contributed by atoms with van der Waals surface area (Å²) < 4.78 is 4.89. The summed E-state index contributed by atoms with van der Waals surface area (Å²) in [5.74, 6) is 0.496. The third-order valence-electron chi connectivity index (χ3n) is 2.84. The molecule has 2 N–H and O–H groups in total. The molecule has 0 aliphatic carbocycles. The molecule has 2 aromatic rings. The number of ether oxygens (including phenoxy) is 1. The van der Waals surface area contributed by atoms with Crippen LogP contribution in [0.25, 0.3) is 0 Å². The van der Waals surface area contributed by atoms with E-state index < -0.39 is 4.92 Å². The Hall–Kier alpha value is -2.90. The zero-order valence-corrected chi connectivity index (χ0v) is 11.3. The number of nitro benzene ring substituents is 1. The third-order valence-corrected chi connectivity index (χ3v) is 2.84. The molecule has 0 aliphatic heterocycles. The number of H-pyrrole nitrogens is 1. The number of hydrogen-bond acceptors (Lipinski definition) is 5. The predicted molar refractivity (Wildman–Crippen MR) is 74.3 cm³/mol. The number of nitro groups is 1. The van der Waals surface area contributed by atoms with E-state index >= 15 is 0 Å². The Morgan fingerprint density at radius 1 is 1.52 bits per heavy atom. The van der Waals surface area contributed by atoms with Crippen LogP contribution in [-0.2, 0) is 6.42 Å².